The minimum Gasteiger partial charge on any atom is -0.376 e. The molecule has 5 nitrogen and oxygen atoms in total. The van der Waals surface area contributed by atoms with Crippen molar-refractivity contribution >= 4 is 6.03 Å². The molecule has 0 aromatic heterocycles. The van der Waals surface area contributed by atoms with Crippen LogP contribution in [0.25, 0.3) is 0 Å². The summed E-state index contributed by atoms with van der Waals surface area (Å²) in [5.41, 5.74) is 0.564. The molecule has 1 atom stereocenters. The Bertz CT molecular complexity index is 570. The number of carbonyl (C=O) groups excluding carboxylic acids is 1. The van der Waals surface area contributed by atoms with Gasteiger partial charge in [-0.1, -0.05) is 18.2 Å². The number of hydrogen-bond donors (Lipinski definition) is 1. The molecular formula is C19H28FN3O2. The van der Waals surface area contributed by atoms with E-state index in [1.807, 2.05) is 6.07 Å². The van der Waals surface area contributed by atoms with Crippen molar-refractivity contribution in [1.29, 1.82) is 0 Å². The second-order valence-electron chi connectivity index (χ2n) is 7.07. The normalized spacial score (nSPS) is 22.1. The fraction of sp³-hybridized carbons (Fsp3) is 0.632. The Labute approximate surface area is 149 Å². The zero-order valence-electron chi connectivity index (χ0n) is 14.9. The van der Waals surface area contributed by atoms with Gasteiger partial charge < -0.3 is 19.9 Å². The van der Waals surface area contributed by atoms with E-state index >= 15 is 0 Å². The third-order valence-corrected chi connectivity index (χ3v) is 5.19. The molecule has 2 aliphatic heterocycles. The first kappa shape index (κ1) is 18.1. The van der Waals surface area contributed by atoms with Crippen LogP contribution in [-0.4, -0.2) is 61.3 Å². The van der Waals surface area contributed by atoms with Crippen LogP contribution in [0.5, 0.6) is 0 Å². The maximum atomic E-state index is 14.1. The number of carbonyl (C=O) groups is 1. The smallest absolute Gasteiger partial charge is 0.318 e. The molecule has 1 N–H and O–H groups in total. The van der Waals surface area contributed by atoms with E-state index in [1.165, 1.54) is 6.07 Å². The number of hydrogen-bond acceptors (Lipinski definition) is 3. The van der Waals surface area contributed by atoms with Crippen molar-refractivity contribution < 1.29 is 13.9 Å². The molecule has 2 saturated heterocycles. The van der Waals surface area contributed by atoms with E-state index in [2.05, 4.69) is 17.3 Å². The molecule has 2 heterocycles. The van der Waals surface area contributed by atoms with E-state index in [0.29, 0.717) is 18.7 Å². The number of urea groups is 1. The molecule has 2 amide bonds. The van der Waals surface area contributed by atoms with Crippen LogP contribution < -0.4 is 5.32 Å². The van der Waals surface area contributed by atoms with Gasteiger partial charge in [0.05, 0.1) is 12.6 Å². The van der Waals surface area contributed by atoms with E-state index in [9.17, 15) is 9.18 Å². The topological polar surface area (TPSA) is 44.8 Å². The Balaban J connectivity index is 1.66. The average Bonchev–Trinajstić information content (AvgIpc) is 3.13. The Morgan fingerprint density at radius 1 is 1.32 bits per heavy atom. The highest BCUT2D eigenvalue weighted by atomic mass is 19.1. The lowest BCUT2D eigenvalue weighted by Gasteiger charge is -2.37. The maximum absolute atomic E-state index is 14.1. The molecule has 25 heavy (non-hydrogen) atoms. The fourth-order valence-electron chi connectivity index (χ4n) is 3.59. The van der Waals surface area contributed by atoms with Gasteiger partial charge in [-0.15, -0.1) is 0 Å². The number of rotatable bonds is 5. The third-order valence-electron chi connectivity index (χ3n) is 5.19. The van der Waals surface area contributed by atoms with Gasteiger partial charge in [-0.2, -0.15) is 0 Å². The number of piperidine rings is 1. The van der Waals surface area contributed by atoms with E-state index < -0.39 is 0 Å². The highest BCUT2D eigenvalue weighted by molar-refractivity contribution is 5.74. The van der Waals surface area contributed by atoms with Gasteiger partial charge in [-0.3, -0.25) is 0 Å². The minimum absolute atomic E-state index is 0.108. The van der Waals surface area contributed by atoms with E-state index in [0.717, 1.165) is 45.4 Å². The first-order valence-electron chi connectivity index (χ1n) is 9.21. The summed E-state index contributed by atoms with van der Waals surface area (Å²) in [7, 11) is 2.09. The van der Waals surface area contributed by atoms with Gasteiger partial charge in [0, 0.05) is 24.8 Å². The number of ether oxygens (including phenoxy) is 1. The first-order chi connectivity index (χ1) is 12.1. The standard InChI is InChI=1S/C19H28FN3O2/c1-22-10-8-16(9-11-22)23(14-15-5-2-3-7-18(15)20)19(24)21-13-17-6-4-12-25-17/h2-3,5,7,16-17H,4,6,8-14H2,1H3,(H,21,24)/t17-/m1/s1. The molecule has 0 unspecified atom stereocenters. The molecule has 3 rings (SSSR count). The third kappa shape index (κ3) is 4.92. The zero-order chi connectivity index (χ0) is 17.6. The summed E-state index contributed by atoms with van der Waals surface area (Å²) in [6.07, 6.45) is 3.98. The quantitative estimate of drug-likeness (QED) is 0.889. The number of halogens is 1. The molecule has 1 aromatic carbocycles. The predicted octanol–water partition coefficient (Wildman–Crippen LogP) is 2.61. The molecular weight excluding hydrogens is 321 g/mol. The lowest BCUT2D eigenvalue weighted by atomic mass is 10.0. The zero-order valence-corrected chi connectivity index (χ0v) is 14.9. The summed E-state index contributed by atoms with van der Waals surface area (Å²) < 4.78 is 19.7. The summed E-state index contributed by atoms with van der Waals surface area (Å²) in [5, 5.41) is 3.00. The van der Waals surface area contributed by atoms with Crippen molar-refractivity contribution in [3.8, 4) is 0 Å². The van der Waals surface area contributed by atoms with Gasteiger partial charge in [0.15, 0.2) is 0 Å². The van der Waals surface area contributed by atoms with Crippen LogP contribution in [-0.2, 0) is 11.3 Å². The maximum Gasteiger partial charge on any atom is 0.318 e. The number of likely N-dealkylation sites (tertiary alicyclic amines) is 1. The minimum atomic E-state index is -0.257. The molecule has 0 saturated carbocycles. The lowest BCUT2D eigenvalue weighted by molar-refractivity contribution is 0.101. The molecule has 6 heteroatoms. The molecule has 0 aliphatic carbocycles. The number of benzene rings is 1. The average molecular weight is 349 g/mol. The molecule has 2 fully saturated rings. The summed E-state index contributed by atoms with van der Waals surface area (Å²) in [4.78, 5) is 16.9. The molecule has 138 valence electrons. The number of nitrogens with zero attached hydrogens (tertiary/aromatic N) is 2. The highest BCUT2D eigenvalue weighted by Crippen LogP contribution is 2.20. The van der Waals surface area contributed by atoms with Crippen LogP contribution in [0.15, 0.2) is 24.3 Å². The molecule has 0 radical (unpaired) electrons. The van der Waals surface area contributed by atoms with Gasteiger partial charge >= 0.3 is 6.03 Å². The van der Waals surface area contributed by atoms with Crippen molar-refractivity contribution in [1.82, 2.24) is 15.1 Å². The largest absolute Gasteiger partial charge is 0.376 e. The Kier molecular flexibility index (Phi) is 6.26. The summed E-state index contributed by atoms with van der Waals surface area (Å²) in [6, 6.07) is 6.72. The van der Waals surface area contributed by atoms with E-state index in [4.69, 9.17) is 4.74 Å². The van der Waals surface area contributed by atoms with Crippen LogP contribution in [0.1, 0.15) is 31.2 Å². The second kappa shape index (κ2) is 8.63. The van der Waals surface area contributed by atoms with Gasteiger partial charge in [0.2, 0.25) is 0 Å². The van der Waals surface area contributed by atoms with E-state index in [1.54, 1.807) is 17.0 Å². The first-order valence-corrected chi connectivity index (χ1v) is 9.21. The van der Waals surface area contributed by atoms with Crippen LogP contribution in [0, 0.1) is 5.82 Å². The summed E-state index contributed by atoms with van der Waals surface area (Å²) in [5.74, 6) is -0.257. The summed E-state index contributed by atoms with van der Waals surface area (Å²) in [6.45, 7) is 3.51. The van der Waals surface area contributed by atoms with Gasteiger partial charge in [0.25, 0.3) is 0 Å². The van der Waals surface area contributed by atoms with Crippen molar-refractivity contribution in [2.45, 2.75) is 44.4 Å². The van der Waals surface area contributed by atoms with Crippen molar-refractivity contribution in [2.75, 3.05) is 33.3 Å². The van der Waals surface area contributed by atoms with E-state index in [-0.39, 0.29) is 24.0 Å². The van der Waals surface area contributed by atoms with Gasteiger partial charge in [0.1, 0.15) is 5.82 Å². The molecule has 2 aliphatic rings. The van der Waals surface area contributed by atoms with Gasteiger partial charge in [-0.05, 0) is 51.9 Å². The summed E-state index contributed by atoms with van der Waals surface area (Å²) >= 11 is 0. The van der Waals surface area contributed by atoms with Crippen LogP contribution in [0.4, 0.5) is 9.18 Å². The van der Waals surface area contributed by atoms with Gasteiger partial charge in [-0.25, -0.2) is 9.18 Å². The Hall–Kier alpha value is -1.66. The molecule has 0 spiro atoms. The Morgan fingerprint density at radius 2 is 2.08 bits per heavy atom. The number of nitrogens with one attached hydrogen (secondary N) is 1. The van der Waals surface area contributed by atoms with Crippen molar-refractivity contribution in [3.63, 3.8) is 0 Å². The SMILES string of the molecule is CN1CCC(N(Cc2ccccc2F)C(=O)NC[C@H]2CCCO2)CC1. The van der Waals surface area contributed by atoms with Crippen LogP contribution in [0.2, 0.25) is 0 Å². The monoisotopic (exact) mass is 349 g/mol. The fourth-order valence-corrected chi connectivity index (χ4v) is 3.59. The lowest BCUT2D eigenvalue weighted by Crippen LogP contribution is -2.50. The van der Waals surface area contributed by atoms with Crippen molar-refractivity contribution in [2.24, 2.45) is 0 Å². The molecule has 1 aromatic rings. The second-order valence-corrected chi connectivity index (χ2v) is 7.07. The van der Waals surface area contributed by atoms with Crippen LogP contribution in [0.3, 0.4) is 0 Å². The number of amides is 2. The predicted molar refractivity (Wildman–Crippen MR) is 94.8 cm³/mol. The highest BCUT2D eigenvalue weighted by Gasteiger charge is 2.28. The molecule has 0 bridgehead atoms. The van der Waals surface area contributed by atoms with Crippen LogP contribution >= 0.6 is 0 Å². The van der Waals surface area contributed by atoms with Crippen molar-refractivity contribution in [3.05, 3.63) is 35.6 Å². The Morgan fingerprint density at radius 3 is 2.76 bits per heavy atom.